The van der Waals surface area contributed by atoms with Crippen molar-refractivity contribution >= 4 is 34.7 Å². The largest absolute Gasteiger partial charge is 0.306 e. The summed E-state index contributed by atoms with van der Waals surface area (Å²) < 4.78 is 0. The minimum atomic E-state index is -0.167. The van der Waals surface area contributed by atoms with Gasteiger partial charge in [-0.2, -0.15) is 0 Å². The highest BCUT2D eigenvalue weighted by Gasteiger charge is 2.13. The zero-order chi connectivity index (χ0) is 13.1. The average molecular weight is 281 g/mol. The molecular weight excluding hydrogens is 268 g/mol. The molecule has 2 heterocycles. The van der Waals surface area contributed by atoms with Crippen LogP contribution < -0.4 is 5.32 Å². The molecule has 0 aliphatic carbocycles. The maximum Gasteiger partial charge on any atom is 0.266 e. The molecular formula is C13H13ClN2OS. The van der Waals surface area contributed by atoms with E-state index in [0.29, 0.717) is 15.7 Å². The summed E-state index contributed by atoms with van der Waals surface area (Å²) in [5, 5.41) is 3.42. The minimum absolute atomic E-state index is 0.167. The van der Waals surface area contributed by atoms with E-state index in [1.54, 1.807) is 12.1 Å². The molecule has 2 aromatic rings. The third-order valence-corrected chi connectivity index (χ3v) is 4.16. The van der Waals surface area contributed by atoms with Crippen LogP contribution in [0.25, 0.3) is 0 Å². The van der Waals surface area contributed by atoms with Gasteiger partial charge in [0.05, 0.1) is 9.90 Å². The molecule has 0 unspecified atom stereocenters. The van der Waals surface area contributed by atoms with Crippen LogP contribution in [0.5, 0.6) is 0 Å². The highest BCUT2D eigenvalue weighted by Crippen LogP contribution is 2.27. The van der Waals surface area contributed by atoms with E-state index in [-0.39, 0.29) is 5.91 Å². The van der Waals surface area contributed by atoms with Gasteiger partial charge in [-0.15, -0.1) is 11.3 Å². The summed E-state index contributed by atoms with van der Waals surface area (Å²) in [6.07, 6.45) is 0.833. The number of thiophene rings is 1. The number of amides is 1. The maximum absolute atomic E-state index is 12.0. The van der Waals surface area contributed by atoms with Crippen LogP contribution in [-0.4, -0.2) is 10.9 Å². The first-order valence-corrected chi connectivity index (χ1v) is 6.83. The topological polar surface area (TPSA) is 42.0 Å². The Morgan fingerprint density at radius 1 is 1.50 bits per heavy atom. The number of hydrogen-bond donors (Lipinski definition) is 1. The second-order valence-electron chi connectivity index (χ2n) is 3.85. The van der Waals surface area contributed by atoms with Gasteiger partial charge in [0.2, 0.25) is 0 Å². The van der Waals surface area contributed by atoms with Gasteiger partial charge in [-0.3, -0.25) is 4.79 Å². The Bertz CT molecular complexity index is 580. The highest BCUT2D eigenvalue weighted by molar-refractivity contribution is 7.14. The predicted octanol–water partition coefficient (Wildman–Crippen LogP) is 3.92. The van der Waals surface area contributed by atoms with Crippen molar-refractivity contribution in [2.75, 3.05) is 5.32 Å². The van der Waals surface area contributed by atoms with E-state index in [0.717, 1.165) is 17.0 Å². The number of hydrogen-bond acceptors (Lipinski definition) is 3. The van der Waals surface area contributed by atoms with E-state index < -0.39 is 0 Å². The molecule has 0 aromatic carbocycles. The zero-order valence-corrected chi connectivity index (χ0v) is 11.7. The van der Waals surface area contributed by atoms with Crippen LogP contribution in [0.15, 0.2) is 24.3 Å². The van der Waals surface area contributed by atoms with Gasteiger partial charge in [-0.25, -0.2) is 4.98 Å². The smallest absolute Gasteiger partial charge is 0.266 e. The van der Waals surface area contributed by atoms with Crippen molar-refractivity contribution in [3.63, 3.8) is 0 Å². The van der Waals surface area contributed by atoms with Crippen LogP contribution in [-0.2, 0) is 6.42 Å². The minimum Gasteiger partial charge on any atom is -0.306 e. The van der Waals surface area contributed by atoms with E-state index in [4.69, 9.17) is 11.6 Å². The van der Waals surface area contributed by atoms with Crippen LogP contribution in [0, 0.1) is 6.92 Å². The van der Waals surface area contributed by atoms with Crippen LogP contribution in [0.1, 0.15) is 27.2 Å². The molecule has 0 fully saturated rings. The van der Waals surface area contributed by atoms with Crippen molar-refractivity contribution < 1.29 is 4.79 Å². The molecule has 0 aliphatic heterocycles. The second-order valence-corrected chi connectivity index (χ2v) is 5.40. The van der Waals surface area contributed by atoms with E-state index in [9.17, 15) is 4.79 Å². The molecule has 1 N–H and O–H groups in total. The van der Waals surface area contributed by atoms with Crippen molar-refractivity contribution in [3.05, 3.63) is 44.7 Å². The van der Waals surface area contributed by atoms with Crippen molar-refractivity contribution in [2.24, 2.45) is 0 Å². The molecule has 0 bridgehead atoms. The van der Waals surface area contributed by atoms with Crippen molar-refractivity contribution in [2.45, 2.75) is 20.3 Å². The quantitative estimate of drug-likeness (QED) is 0.926. The number of halogens is 1. The van der Waals surface area contributed by atoms with Gasteiger partial charge in [0, 0.05) is 10.6 Å². The SMILES string of the molecule is CCc1sc(C(=O)Nc2cccc(C)n2)cc1Cl. The molecule has 18 heavy (non-hydrogen) atoms. The number of rotatable bonds is 3. The Balaban J connectivity index is 2.16. The number of aryl methyl sites for hydroxylation is 2. The first-order chi connectivity index (χ1) is 8.60. The van der Waals surface area contributed by atoms with Gasteiger partial charge in [-0.05, 0) is 31.5 Å². The number of carbonyl (C=O) groups is 1. The van der Waals surface area contributed by atoms with Gasteiger partial charge in [0.1, 0.15) is 5.82 Å². The fraction of sp³-hybridized carbons (Fsp3) is 0.231. The molecule has 0 saturated carbocycles. The summed E-state index contributed by atoms with van der Waals surface area (Å²) in [5.41, 5.74) is 0.867. The number of nitrogens with zero attached hydrogens (tertiary/aromatic N) is 1. The summed E-state index contributed by atoms with van der Waals surface area (Å²) in [7, 11) is 0. The molecule has 0 radical (unpaired) electrons. The van der Waals surface area contributed by atoms with Crippen molar-refractivity contribution in [3.8, 4) is 0 Å². The first kappa shape index (κ1) is 13.1. The second kappa shape index (κ2) is 5.50. The molecule has 0 saturated heterocycles. The summed E-state index contributed by atoms with van der Waals surface area (Å²) >= 11 is 7.45. The molecule has 5 heteroatoms. The Labute approximate surface area is 115 Å². The highest BCUT2D eigenvalue weighted by atomic mass is 35.5. The van der Waals surface area contributed by atoms with E-state index in [1.165, 1.54) is 11.3 Å². The van der Waals surface area contributed by atoms with Crippen molar-refractivity contribution in [1.29, 1.82) is 0 Å². The number of nitrogens with one attached hydrogen (secondary N) is 1. The van der Waals surface area contributed by atoms with Gasteiger partial charge < -0.3 is 5.32 Å². The monoisotopic (exact) mass is 280 g/mol. The van der Waals surface area contributed by atoms with Crippen molar-refractivity contribution in [1.82, 2.24) is 4.98 Å². The van der Waals surface area contributed by atoms with E-state index >= 15 is 0 Å². The Morgan fingerprint density at radius 3 is 2.89 bits per heavy atom. The van der Waals surface area contributed by atoms with Crippen LogP contribution in [0.3, 0.4) is 0 Å². The lowest BCUT2D eigenvalue weighted by molar-refractivity contribution is 0.103. The third kappa shape index (κ3) is 2.89. The standard InChI is InChI=1S/C13H13ClN2OS/c1-3-10-9(14)7-11(18-10)13(17)16-12-6-4-5-8(2)15-12/h4-7H,3H2,1-2H3,(H,15,16,17). The molecule has 94 valence electrons. The summed E-state index contributed by atoms with van der Waals surface area (Å²) in [5.74, 6) is 0.391. The summed E-state index contributed by atoms with van der Waals surface area (Å²) in [6, 6.07) is 7.21. The van der Waals surface area contributed by atoms with Crippen LogP contribution >= 0.6 is 22.9 Å². The van der Waals surface area contributed by atoms with E-state index in [2.05, 4.69) is 10.3 Å². The summed E-state index contributed by atoms with van der Waals surface area (Å²) in [6.45, 7) is 3.90. The average Bonchev–Trinajstić information content (AvgIpc) is 2.70. The molecule has 2 rings (SSSR count). The fourth-order valence-electron chi connectivity index (χ4n) is 1.55. The molecule has 0 spiro atoms. The zero-order valence-electron chi connectivity index (χ0n) is 10.2. The number of pyridine rings is 1. The van der Waals surface area contributed by atoms with Gasteiger partial charge >= 0.3 is 0 Å². The Morgan fingerprint density at radius 2 is 2.28 bits per heavy atom. The van der Waals surface area contributed by atoms with Gasteiger partial charge in [-0.1, -0.05) is 24.6 Å². The Kier molecular flexibility index (Phi) is 3.99. The third-order valence-electron chi connectivity index (χ3n) is 2.43. The molecule has 0 aliphatic rings. The van der Waals surface area contributed by atoms with E-state index in [1.807, 2.05) is 26.0 Å². The maximum atomic E-state index is 12.0. The molecule has 1 amide bonds. The van der Waals surface area contributed by atoms with Gasteiger partial charge in [0.25, 0.3) is 5.91 Å². The lowest BCUT2D eigenvalue weighted by Crippen LogP contribution is -2.11. The lowest BCUT2D eigenvalue weighted by Gasteiger charge is -2.02. The Hall–Kier alpha value is -1.39. The molecule has 2 aromatic heterocycles. The lowest BCUT2D eigenvalue weighted by atomic mass is 10.3. The first-order valence-electron chi connectivity index (χ1n) is 5.63. The number of carbonyl (C=O) groups excluding carboxylic acids is 1. The predicted molar refractivity (Wildman–Crippen MR) is 75.6 cm³/mol. The van der Waals surface area contributed by atoms with Crippen LogP contribution in [0.2, 0.25) is 5.02 Å². The molecule has 0 atom stereocenters. The molecule has 3 nitrogen and oxygen atoms in total. The van der Waals surface area contributed by atoms with Gasteiger partial charge in [0.15, 0.2) is 0 Å². The fourth-order valence-corrected chi connectivity index (χ4v) is 2.86. The number of anilines is 1. The normalized spacial score (nSPS) is 10.4. The summed E-state index contributed by atoms with van der Waals surface area (Å²) in [4.78, 5) is 17.9. The van der Waals surface area contributed by atoms with Crippen LogP contribution in [0.4, 0.5) is 5.82 Å². The number of aromatic nitrogens is 1.